The highest BCUT2D eigenvalue weighted by molar-refractivity contribution is 6.38. The summed E-state index contributed by atoms with van der Waals surface area (Å²) in [6.45, 7) is 8.06. The molecule has 0 spiro atoms. The van der Waals surface area contributed by atoms with Crippen LogP contribution < -0.4 is 5.56 Å². The van der Waals surface area contributed by atoms with Crippen molar-refractivity contribution in [1.82, 2.24) is 14.1 Å². The fraction of sp³-hybridized carbons (Fsp3) is 0.211. The largest absolute Gasteiger partial charge is 0.345 e. The van der Waals surface area contributed by atoms with Gasteiger partial charge in [0.2, 0.25) is 0 Å². The summed E-state index contributed by atoms with van der Waals surface area (Å²) < 4.78 is 3.28. The smallest absolute Gasteiger partial charge is 0.261 e. The molecule has 1 aromatic carbocycles. The minimum Gasteiger partial charge on any atom is -0.345 e. The highest BCUT2D eigenvalue weighted by Crippen LogP contribution is 2.24. The predicted octanol–water partition coefficient (Wildman–Crippen LogP) is 4.19. The number of fused-ring (bicyclic) bond motifs is 1. The molecular weight excluding hydrogens is 373 g/mol. The lowest BCUT2D eigenvalue weighted by atomic mass is 10.1. The molecule has 0 aliphatic carbocycles. The Kier molecular flexibility index (Phi) is 5.03. The van der Waals surface area contributed by atoms with Crippen LogP contribution in [0.5, 0.6) is 0 Å². The summed E-state index contributed by atoms with van der Waals surface area (Å²) in [5.74, 6) is -0.162. The number of aryl methyl sites for hydroxylation is 1. The Bertz CT molecular complexity index is 1100. The minimum absolute atomic E-state index is 0.107. The second-order valence-electron chi connectivity index (χ2n) is 6.07. The van der Waals surface area contributed by atoms with Crippen LogP contribution in [-0.2, 0) is 13.1 Å². The average molecular weight is 390 g/mol. The standard InChI is InChI=1S/C19H17Cl2N3O2/c1-4-5-24-11(2)6-14(12(24)3)17(25)9-23-10-22-18-15(19(23)26)7-13(20)8-16(18)21/h4,6-8,10H,1,5,9H2,2-3H3. The number of allylic oxidation sites excluding steroid dienone is 1. The molecule has 5 nitrogen and oxygen atoms in total. The fourth-order valence-electron chi connectivity index (χ4n) is 3.04. The van der Waals surface area contributed by atoms with Crippen molar-refractivity contribution in [1.29, 1.82) is 0 Å². The average Bonchev–Trinajstić information content (AvgIpc) is 2.86. The summed E-state index contributed by atoms with van der Waals surface area (Å²) in [6.07, 6.45) is 3.12. The van der Waals surface area contributed by atoms with E-state index in [4.69, 9.17) is 23.2 Å². The molecule has 0 atom stereocenters. The van der Waals surface area contributed by atoms with Crippen molar-refractivity contribution in [2.45, 2.75) is 26.9 Å². The quantitative estimate of drug-likeness (QED) is 0.485. The van der Waals surface area contributed by atoms with Crippen LogP contribution in [0, 0.1) is 13.8 Å². The Morgan fingerprint density at radius 2 is 2.00 bits per heavy atom. The molecule has 0 fully saturated rings. The van der Waals surface area contributed by atoms with E-state index in [-0.39, 0.29) is 23.3 Å². The van der Waals surface area contributed by atoms with Crippen LogP contribution >= 0.6 is 23.2 Å². The molecule has 3 rings (SSSR count). The number of nitrogens with zero attached hydrogens (tertiary/aromatic N) is 3. The molecule has 134 valence electrons. The summed E-state index contributed by atoms with van der Waals surface area (Å²) in [6, 6.07) is 4.87. The number of hydrogen-bond acceptors (Lipinski definition) is 3. The first kappa shape index (κ1) is 18.4. The van der Waals surface area contributed by atoms with Crippen LogP contribution in [0.2, 0.25) is 10.0 Å². The van der Waals surface area contributed by atoms with E-state index in [1.165, 1.54) is 23.0 Å². The van der Waals surface area contributed by atoms with Crippen molar-refractivity contribution in [3.63, 3.8) is 0 Å². The summed E-state index contributed by atoms with van der Waals surface area (Å²) >= 11 is 12.1. The van der Waals surface area contributed by atoms with Crippen molar-refractivity contribution in [3.8, 4) is 0 Å². The van der Waals surface area contributed by atoms with Gasteiger partial charge in [0.25, 0.3) is 5.56 Å². The Morgan fingerprint density at radius 1 is 1.27 bits per heavy atom. The molecule has 7 heteroatoms. The first-order valence-electron chi connectivity index (χ1n) is 7.98. The Hall–Kier alpha value is -2.37. The van der Waals surface area contributed by atoms with Gasteiger partial charge in [0, 0.05) is 28.5 Å². The zero-order chi connectivity index (χ0) is 19.0. The monoisotopic (exact) mass is 389 g/mol. The van der Waals surface area contributed by atoms with Gasteiger partial charge < -0.3 is 4.57 Å². The topological polar surface area (TPSA) is 56.9 Å². The molecule has 0 aliphatic rings. The summed E-state index contributed by atoms with van der Waals surface area (Å²) in [7, 11) is 0. The van der Waals surface area contributed by atoms with E-state index in [1.54, 1.807) is 6.08 Å². The number of halogens is 2. The van der Waals surface area contributed by atoms with E-state index in [0.29, 0.717) is 27.7 Å². The van der Waals surface area contributed by atoms with Crippen LogP contribution in [0.4, 0.5) is 0 Å². The maximum absolute atomic E-state index is 12.7. The Labute approximate surface area is 160 Å². The van der Waals surface area contributed by atoms with E-state index >= 15 is 0 Å². The number of carbonyl (C=O) groups is 1. The first-order chi connectivity index (χ1) is 12.3. The van der Waals surface area contributed by atoms with E-state index < -0.39 is 0 Å². The Balaban J connectivity index is 2.01. The summed E-state index contributed by atoms with van der Waals surface area (Å²) in [4.78, 5) is 29.6. The molecule has 0 N–H and O–H groups in total. The molecule has 0 radical (unpaired) electrons. The molecule has 0 unspecified atom stereocenters. The van der Waals surface area contributed by atoms with E-state index in [1.807, 2.05) is 24.5 Å². The maximum atomic E-state index is 12.7. The van der Waals surface area contributed by atoms with Crippen molar-refractivity contribution >= 4 is 39.9 Å². The minimum atomic E-state index is -0.354. The van der Waals surface area contributed by atoms with Gasteiger partial charge in [-0.15, -0.1) is 6.58 Å². The van der Waals surface area contributed by atoms with E-state index in [0.717, 1.165) is 11.4 Å². The number of hydrogen-bond donors (Lipinski definition) is 0. The SMILES string of the molecule is C=CCn1c(C)cc(C(=O)Cn2cnc3c(Cl)cc(Cl)cc3c2=O)c1C. The van der Waals surface area contributed by atoms with Gasteiger partial charge in [-0.1, -0.05) is 29.3 Å². The number of rotatable bonds is 5. The molecular formula is C19H17Cl2N3O2. The van der Waals surface area contributed by atoms with E-state index in [9.17, 15) is 9.59 Å². The van der Waals surface area contributed by atoms with Gasteiger partial charge in [-0.05, 0) is 32.0 Å². The first-order valence-corrected chi connectivity index (χ1v) is 8.74. The third-order valence-corrected chi connectivity index (χ3v) is 4.85. The van der Waals surface area contributed by atoms with Gasteiger partial charge in [0.05, 0.1) is 28.8 Å². The van der Waals surface area contributed by atoms with Gasteiger partial charge in [-0.3, -0.25) is 14.2 Å². The van der Waals surface area contributed by atoms with Crippen LogP contribution in [-0.4, -0.2) is 19.9 Å². The third kappa shape index (κ3) is 3.20. The molecule has 0 saturated heterocycles. The molecule has 0 saturated carbocycles. The van der Waals surface area contributed by atoms with Crippen LogP contribution in [0.3, 0.4) is 0 Å². The molecule has 0 aliphatic heterocycles. The number of ketones is 1. The lowest BCUT2D eigenvalue weighted by Gasteiger charge is -2.08. The molecule has 2 heterocycles. The molecule has 3 aromatic rings. The predicted molar refractivity (Wildman–Crippen MR) is 104 cm³/mol. The third-order valence-electron chi connectivity index (χ3n) is 4.35. The van der Waals surface area contributed by atoms with Crippen LogP contribution in [0.25, 0.3) is 10.9 Å². The van der Waals surface area contributed by atoms with Crippen LogP contribution in [0.1, 0.15) is 21.7 Å². The van der Waals surface area contributed by atoms with Gasteiger partial charge in [0.15, 0.2) is 5.78 Å². The van der Waals surface area contributed by atoms with Gasteiger partial charge >= 0.3 is 0 Å². The number of benzene rings is 1. The molecule has 0 bridgehead atoms. The lowest BCUT2D eigenvalue weighted by molar-refractivity contribution is 0.0970. The second-order valence-corrected chi connectivity index (χ2v) is 6.91. The van der Waals surface area contributed by atoms with Crippen molar-refractivity contribution in [3.05, 3.63) is 74.5 Å². The van der Waals surface area contributed by atoms with Crippen molar-refractivity contribution in [2.75, 3.05) is 0 Å². The van der Waals surface area contributed by atoms with Crippen LogP contribution in [0.15, 0.2) is 42.0 Å². The molecule has 26 heavy (non-hydrogen) atoms. The summed E-state index contributed by atoms with van der Waals surface area (Å²) in [5.41, 5.74) is 2.41. The maximum Gasteiger partial charge on any atom is 0.261 e. The highest BCUT2D eigenvalue weighted by atomic mass is 35.5. The van der Waals surface area contributed by atoms with Crippen molar-refractivity contribution < 1.29 is 4.79 Å². The van der Waals surface area contributed by atoms with Gasteiger partial charge in [-0.2, -0.15) is 0 Å². The zero-order valence-electron chi connectivity index (χ0n) is 14.4. The van der Waals surface area contributed by atoms with E-state index in [2.05, 4.69) is 11.6 Å². The normalized spacial score (nSPS) is 11.1. The van der Waals surface area contributed by atoms with Gasteiger partial charge in [0.1, 0.15) is 0 Å². The number of aromatic nitrogens is 3. The summed E-state index contributed by atoms with van der Waals surface area (Å²) in [5, 5.41) is 0.935. The number of Topliss-reactive ketones (excluding diaryl/α,β-unsaturated/α-hetero) is 1. The van der Waals surface area contributed by atoms with Crippen molar-refractivity contribution in [2.24, 2.45) is 0 Å². The molecule has 0 amide bonds. The highest BCUT2D eigenvalue weighted by Gasteiger charge is 2.17. The zero-order valence-corrected chi connectivity index (χ0v) is 15.9. The lowest BCUT2D eigenvalue weighted by Crippen LogP contribution is -2.25. The second kappa shape index (κ2) is 7.09. The molecule has 2 aromatic heterocycles. The van der Waals surface area contributed by atoms with Gasteiger partial charge in [-0.25, -0.2) is 4.98 Å². The Morgan fingerprint density at radius 3 is 2.69 bits per heavy atom. The number of carbonyl (C=O) groups excluding carboxylic acids is 1. The fourth-order valence-corrected chi connectivity index (χ4v) is 3.58.